The van der Waals surface area contributed by atoms with E-state index in [9.17, 15) is 0 Å². The van der Waals surface area contributed by atoms with Crippen LogP contribution in [0.25, 0.3) is 22.3 Å². The molecule has 0 N–H and O–H groups in total. The predicted molar refractivity (Wildman–Crippen MR) is 136 cm³/mol. The lowest BCUT2D eigenvalue weighted by Crippen LogP contribution is -2.21. The first-order valence-corrected chi connectivity index (χ1v) is 11.9. The highest BCUT2D eigenvalue weighted by molar-refractivity contribution is 5.82. The molecule has 0 aliphatic heterocycles. The van der Waals surface area contributed by atoms with E-state index in [0.717, 1.165) is 65.0 Å². The molecule has 0 amide bonds. The van der Waals surface area contributed by atoms with Gasteiger partial charge in [0, 0.05) is 49.3 Å². The molecule has 0 spiro atoms. The molecule has 34 heavy (non-hydrogen) atoms. The molecule has 2 heterocycles. The molecule has 1 saturated carbocycles. The molecule has 4 aromatic rings. The fraction of sp³-hybridized carbons (Fsp3) is 0.370. The molecular weight excluding hydrogens is 424 g/mol. The van der Waals surface area contributed by atoms with Crippen molar-refractivity contribution in [1.82, 2.24) is 24.6 Å². The van der Waals surface area contributed by atoms with Crippen LogP contribution in [0.5, 0.6) is 5.75 Å². The highest BCUT2D eigenvalue weighted by Gasteiger charge is 2.26. The van der Waals surface area contributed by atoms with Gasteiger partial charge >= 0.3 is 0 Å². The van der Waals surface area contributed by atoms with Crippen LogP contribution in [0, 0.1) is 5.92 Å². The van der Waals surface area contributed by atoms with Crippen molar-refractivity contribution in [2.75, 3.05) is 32.1 Å². The van der Waals surface area contributed by atoms with Gasteiger partial charge in [0.2, 0.25) is 0 Å². The smallest absolute Gasteiger partial charge is 0.121 e. The summed E-state index contributed by atoms with van der Waals surface area (Å²) in [5, 5.41) is 4.27. The second kappa shape index (κ2) is 9.43. The largest absolute Gasteiger partial charge is 0.497 e. The van der Waals surface area contributed by atoms with Gasteiger partial charge in [-0.1, -0.05) is 6.92 Å². The lowest BCUT2D eigenvalue weighted by molar-refractivity contribution is 0.344. The molecule has 1 fully saturated rings. The molecule has 2 aromatic carbocycles. The number of benzene rings is 2. The van der Waals surface area contributed by atoms with Gasteiger partial charge in [-0.2, -0.15) is 5.10 Å². The van der Waals surface area contributed by atoms with E-state index in [1.807, 2.05) is 25.6 Å². The Morgan fingerprint density at radius 1 is 1.06 bits per heavy atom. The Balaban J connectivity index is 1.55. The van der Waals surface area contributed by atoms with Gasteiger partial charge in [-0.3, -0.25) is 9.67 Å². The van der Waals surface area contributed by atoms with Crippen LogP contribution in [-0.4, -0.2) is 51.9 Å². The number of hydrogen-bond donors (Lipinski definition) is 0. The van der Waals surface area contributed by atoms with Crippen LogP contribution in [0.1, 0.15) is 25.3 Å². The van der Waals surface area contributed by atoms with Gasteiger partial charge in [0.1, 0.15) is 5.75 Å². The van der Waals surface area contributed by atoms with Gasteiger partial charge in [-0.15, -0.1) is 0 Å². The van der Waals surface area contributed by atoms with E-state index in [1.54, 1.807) is 11.8 Å². The minimum atomic E-state index is 0.719. The normalized spacial score (nSPS) is 13.6. The molecule has 0 unspecified atom stereocenters. The third kappa shape index (κ3) is 4.89. The first-order valence-electron chi connectivity index (χ1n) is 11.9. The number of hydrogen-bond acceptors (Lipinski definition) is 6. The third-order valence-electron chi connectivity index (χ3n) is 6.47. The second-order valence-corrected chi connectivity index (χ2v) is 9.25. The van der Waals surface area contributed by atoms with Crippen molar-refractivity contribution in [2.24, 2.45) is 13.0 Å². The van der Waals surface area contributed by atoms with Crippen LogP contribution >= 0.6 is 0 Å². The summed E-state index contributed by atoms with van der Waals surface area (Å²) in [5.41, 5.74) is 7.10. The zero-order chi connectivity index (χ0) is 23.7. The second-order valence-electron chi connectivity index (χ2n) is 9.25. The Kier molecular flexibility index (Phi) is 6.20. The average Bonchev–Trinajstić information content (AvgIpc) is 3.58. The van der Waals surface area contributed by atoms with E-state index in [1.165, 1.54) is 18.4 Å². The van der Waals surface area contributed by atoms with E-state index in [4.69, 9.17) is 9.72 Å². The highest BCUT2D eigenvalue weighted by Crippen LogP contribution is 2.37. The van der Waals surface area contributed by atoms with Crippen molar-refractivity contribution in [3.05, 3.63) is 60.6 Å². The lowest BCUT2D eigenvalue weighted by atomic mass is 10.1. The summed E-state index contributed by atoms with van der Waals surface area (Å²) in [6, 6.07) is 12.9. The third-order valence-corrected chi connectivity index (χ3v) is 6.47. The Morgan fingerprint density at radius 2 is 1.91 bits per heavy atom. The van der Waals surface area contributed by atoms with Crippen LogP contribution in [-0.2, 0) is 13.6 Å². The molecule has 2 aromatic heterocycles. The first-order chi connectivity index (χ1) is 16.5. The number of aromatic nitrogens is 4. The van der Waals surface area contributed by atoms with Gasteiger partial charge < -0.3 is 14.5 Å². The zero-order valence-corrected chi connectivity index (χ0v) is 20.4. The van der Waals surface area contributed by atoms with Gasteiger partial charge in [0.15, 0.2) is 0 Å². The van der Waals surface area contributed by atoms with E-state index < -0.39 is 0 Å². The Morgan fingerprint density at radius 3 is 2.62 bits per heavy atom. The summed E-state index contributed by atoms with van der Waals surface area (Å²) < 4.78 is 7.46. The standard InChI is InChI=1S/C27H32N6O/c1-5-31(2)16-20-10-23(12-24(11-20)34-4)33(17-19-6-7-19)22-8-9-25-26(13-22)30-27(15-28-25)21-14-29-32(3)18-21/h8-15,18-19H,5-7,16-17H2,1-4H3. The van der Waals surface area contributed by atoms with Crippen molar-refractivity contribution >= 4 is 22.4 Å². The van der Waals surface area contributed by atoms with Crippen molar-refractivity contribution in [2.45, 2.75) is 26.3 Å². The van der Waals surface area contributed by atoms with Gasteiger partial charge in [0.05, 0.1) is 36.2 Å². The molecule has 0 bridgehead atoms. The molecule has 7 heteroatoms. The monoisotopic (exact) mass is 456 g/mol. The number of methoxy groups -OCH3 is 1. The zero-order valence-electron chi connectivity index (χ0n) is 20.4. The molecule has 1 aliphatic carbocycles. The van der Waals surface area contributed by atoms with E-state index in [-0.39, 0.29) is 0 Å². The maximum atomic E-state index is 5.68. The SMILES string of the molecule is CCN(C)Cc1cc(OC)cc(N(CC2CC2)c2ccc3ncc(-c4cnn(C)c4)nc3c2)c1. The number of fused-ring (bicyclic) bond motifs is 1. The molecule has 0 radical (unpaired) electrons. The fourth-order valence-electron chi connectivity index (χ4n) is 4.21. The van der Waals surface area contributed by atoms with E-state index >= 15 is 0 Å². The van der Waals surface area contributed by atoms with Crippen LogP contribution in [0.15, 0.2) is 55.0 Å². The molecule has 0 atom stereocenters. The number of rotatable bonds is 9. The van der Waals surface area contributed by atoms with Crippen LogP contribution in [0.3, 0.4) is 0 Å². The maximum absolute atomic E-state index is 5.68. The van der Waals surface area contributed by atoms with Crippen LogP contribution < -0.4 is 9.64 Å². The van der Waals surface area contributed by atoms with Crippen molar-refractivity contribution in [1.29, 1.82) is 0 Å². The van der Waals surface area contributed by atoms with Crippen molar-refractivity contribution in [3.8, 4) is 17.0 Å². The van der Waals surface area contributed by atoms with Gasteiger partial charge in [-0.05, 0) is 68.2 Å². The van der Waals surface area contributed by atoms with Gasteiger partial charge in [0.25, 0.3) is 0 Å². The summed E-state index contributed by atoms with van der Waals surface area (Å²) in [4.78, 5) is 14.3. The van der Waals surface area contributed by atoms with Crippen LogP contribution in [0.4, 0.5) is 11.4 Å². The number of nitrogens with zero attached hydrogens (tertiary/aromatic N) is 6. The molecule has 1 aliphatic rings. The molecule has 0 saturated heterocycles. The first kappa shape index (κ1) is 22.3. The average molecular weight is 457 g/mol. The molecule has 176 valence electrons. The molecule has 7 nitrogen and oxygen atoms in total. The Bertz CT molecular complexity index is 1300. The number of anilines is 2. The minimum Gasteiger partial charge on any atom is -0.497 e. The van der Waals surface area contributed by atoms with Crippen LogP contribution in [0.2, 0.25) is 0 Å². The van der Waals surface area contributed by atoms with E-state index in [0.29, 0.717) is 0 Å². The lowest BCUT2D eigenvalue weighted by Gasteiger charge is -2.27. The van der Waals surface area contributed by atoms with Crippen molar-refractivity contribution < 1.29 is 4.74 Å². The maximum Gasteiger partial charge on any atom is 0.121 e. The Labute approximate surface area is 201 Å². The Hall–Kier alpha value is -3.45. The minimum absolute atomic E-state index is 0.719. The summed E-state index contributed by atoms with van der Waals surface area (Å²) >= 11 is 0. The number of aryl methyl sites for hydroxylation is 1. The summed E-state index contributed by atoms with van der Waals surface area (Å²) in [6.07, 6.45) is 8.17. The fourth-order valence-corrected chi connectivity index (χ4v) is 4.21. The van der Waals surface area contributed by atoms with Crippen molar-refractivity contribution in [3.63, 3.8) is 0 Å². The predicted octanol–water partition coefficient (Wildman–Crippen LogP) is 5.04. The number of ether oxygens (including phenoxy) is 1. The summed E-state index contributed by atoms with van der Waals surface area (Å²) in [6.45, 7) is 5.05. The van der Waals surface area contributed by atoms with Gasteiger partial charge in [-0.25, -0.2) is 4.98 Å². The van der Waals surface area contributed by atoms with E-state index in [2.05, 4.69) is 70.3 Å². The topological polar surface area (TPSA) is 59.3 Å². The quantitative estimate of drug-likeness (QED) is 0.352. The molecular formula is C27H32N6O. The highest BCUT2D eigenvalue weighted by atomic mass is 16.5. The summed E-state index contributed by atoms with van der Waals surface area (Å²) in [7, 11) is 5.79. The molecule has 5 rings (SSSR count). The summed E-state index contributed by atoms with van der Waals surface area (Å²) in [5.74, 6) is 1.61.